The van der Waals surface area contributed by atoms with E-state index in [4.69, 9.17) is 4.74 Å². The molecule has 1 spiro atoms. The first kappa shape index (κ1) is 13.8. The van der Waals surface area contributed by atoms with Gasteiger partial charge in [-0.2, -0.15) is 0 Å². The highest BCUT2D eigenvalue weighted by atomic mass is 16.5. The smallest absolute Gasteiger partial charge is 0.312 e. The third-order valence-electron chi connectivity index (χ3n) is 6.61. The van der Waals surface area contributed by atoms with Crippen LogP contribution in [0.4, 0.5) is 0 Å². The summed E-state index contributed by atoms with van der Waals surface area (Å²) in [5.41, 5.74) is 1.21. The van der Waals surface area contributed by atoms with E-state index < -0.39 is 0 Å². The number of rotatable bonds is 1. The summed E-state index contributed by atoms with van der Waals surface area (Å²) in [5, 5.41) is 10.7. The lowest BCUT2D eigenvalue weighted by Gasteiger charge is -2.65. The number of aliphatic hydroxyl groups is 1. The molecule has 0 aromatic carbocycles. The van der Waals surface area contributed by atoms with Gasteiger partial charge in [-0.15, -0.1) is 0 Å². The summed E-state index contributed by atoms with van der Waals surface area (Å²) in [6.45, 7) is 4.53. The Morgan fingerprint density at radius 3 is 3.10 bits per heavy atom. The normalized spacial score (nSPS) is 48.5. The fourth-order valence-electron chi connectivity index (χ4n) is 5.72. The molecule has 3 aliphatic heterocycles. The van der Waals surface area contributed by atoms with Crippen molar-refractivity contribution in [2.45, 2.75) is 44.2 Å². The molecule has 116 valence electrons. The molecule has 0 aromatic rings. The third-order valence-corrected chi connectivity index (χ3v) is 6.61. The van der Waals surface area contributed by atoms with Crippen molar-refractivity contribution >= 4 is 5.97 Å². The van der Waals surface area contributed by atoms with Gasteiger partial charge in [-0.1, -0.05) is 13.0 Å². The van der Waals surface area contributed by atoms with E-state index in [-0.39, 0.29) is 23.5 Å². The molecule has 0 radical (unpaired) electrons. The number of piperidine rings is 2. The lowest BCUT2D eigenvalue weighted by molar-refractivity contribution is -0.157. The van der Waals surface area contributed by atoms with Gasteiger partial charge in [0.15, 0.2) is 0 Å². The molecule has 1 saturated carbocycles. The van der Waals surface area contributed by atoms with E-state index in [9.17, 15) is 9.90 Å². The van der Waals surface area contributed by atoms with E-state index in [0.29, 0.717) is 24.2 Å². The van der Waals surface area contributed by atoms with Crippen LogP contribution in [0.3, 0.4) is 0 Å². The van der Waals surface area contributed by atoms with E-state index in [1.165, 1.54) is 19.1 Å². The van der Waals surface area contributed by atoms with E-state index in [2.05, 4.69) is 17.9 Å². The van der Waals surface area contributed by atoms with E-state index >= 15 is 0 Å². The average Bonchev–Trinajstić information content (AvgIpc) is 2.49. The molecule has 4 heteroatoms. The highest BCUT2D eigenvalue weighted by Gasteiger charge is 2.62. The van der Waals surface area contributed by atoms with Gasteiger partial charge in [0.2, 0.25) is 0 Å². The highest BCUT2D eigenvalue weighted by Crippen LogP contribution is 2.59. The molecule has 6 atom stereocenters. The summed E-state index contributed by atoms with van der Waals surface area (Å²) in [7, 11) is 1.46. The molecule has 0 amide bonds. The number of aliphatic hydroxyl groups excluding tert-OH is 1. The van der Waals surface area contributed by atoms with Gasteiger partial charge < -0.3 is 9.84 Å². The first-order chi connectivity index (χ1) is 10.1. The Balaban J connectivity index is 1.84. The van der Waals surface area contributed by atoms with Crippen molar-refractivity contribution in [2.75, 3.05) is 20.2 Å². The minimum atomic E-state index is -0.379. The van der Waals surface area contributed by atoms with Gasteiger partial charge in [-0.05, 0) is 49.6 Å². The Morgan fingerprint density at radius 2 is 2.33 bits per heavy atom. The Morgan fingerprint density at radius 1 is 1.52 bits per heavy atom. The van der Waals surface area contributed by atoms with Gasteiger partial charge in [0.25, 0.3) is 0 Å². The molecule has 5 rings (SSSR count). The summed E-state index contributed by atoms with van der Waals surface area (Å²) in [4.78, 5) is 14.8. The molecule has 0 aromatic heterocycles. The molecule has 5 aliphatic rings. The molecule has 1 N–H and O–H groups in total. The Labute approximate surface area is 126 Å². The van der Waals surface area contributed by atoms with Crippen molar-refractivity contribution in [1.82, 2.24) is 4.90 Å². The molecule has 4 nitrogen and oxygen atoms in total. The number of carbonyl (C=O) groups is 1. The summed E-state index contributed by atoms with van der Waals surface area (Å²) < 4.78 is 5.03. The van der Waals surface area contributed by atoms with Crippen LogP contribution in [0.5, 0.6) is 0 Å². The van der Waals surface area contributed by atoms with Crippen LogP contribution < -0.4 is 0 Å². The SMILES string of the molecule is COC(=O)[C@H]1C[C@@H](O)[C@H]2CCCN3C[C@@H]4C=C1[C@]23CC4C. The van der Waals surface area contributed by atoms with Crippen molar-refractivity contribution in [3.63, 3.8) is 0 Å². The summed E-state index contributed by atoms with van der Waals surface area (Å²) in [5.74, 6) is 1.09. The molecule has 21 heavy (non-hydrogen) atoms. The number of esters is 1. The minimum Gasteiger partial charge on any atom is -0.469 e. The van der Waals surface area contributed by atoms with Gasteiger partial charge in [-0.25, -0.2) is 0 Å². The molecule has 2 bridgehead atoms. The average molecular weight is 291 g/mol. The van der Waals surface area contributed by atoms with E-state index in [1.54, 1.807) is 0 Å². The maximum absolute atomic E-state index is 12.2. The maximum Gasteiger partial charge on any atom is 0.312 e. The predicted molar refractivity (Wildman–Crippen MR) is 78.5 cm³/mol. The monoisotopic (exact) mass is 291 g/mol. The summed E-state index contributed by atoms with van der Waals surface area (Å²) >= 11 is 0. The Bertz CT molecular complexity index is 502. The van der Waals surface area contributed by atoms with Crippen LogP contribution in [0, 0.1) is 23.7 Å². The largest absolute Gasteiger partial charge is 0.469 e. The summed E-state index contributed by atoms with van der Waals surface area (Å²) in [6, 6.07) is 0. The van der Waals surface area contributed by atoms with Gasteiger partial charge in [0.05, 0.1) is 19.1 Å². The molecule has 1 unspecified atom stereocenters. The van der Waals surface area contributed by atoms with Gasteiger partial charge in [0, 0.05) is 18.0 Å². The minimum absolute atomic E-state index is 0.0665. The van der Waals surface area contributed by atoms with Gasteiger partial charge >= 0.3 is 5.97 Å². The lowest BCUT2D eigenvalue weighted by Crippen LogP contribution is -2.71. The quantitative estimate of drug-likeness (QED) is 0.589. The Kier molecular flexibility index (Phi) is 2.99. The third kappa shape index (κ3) is 1.66. The van der Waals surface area contributed by atoms with E-state index in [0.717, 1.165) is 25.9 Å². The number of hydrogen-bond donors (Lipinski definition) is 1. The molecule has 3 fully saturated rings. The van der Waals surface area contributed by atoms with Crippen LogP contribution >= 0.6 is 0 Å². The van der Waals surface area contributed by atoms with Crippen molar-refractivity contribution in [1.29, 1.82) is 0 Å². The fourth-order valence-corrected chi connectivity index (χ4v) is 5.72. The zero-order valence-corrected chi connectivity index (χ0v) is 12.9. The number of ether oxygens (including phenoxy) is 1. The zero-order chi connectivity index (χ0) is 14.8. The van der Waals surface area contributed by atoms with Crippen molar-refractivity contribution in [3.05, 3.63) is 11.6 Å². The van der Waals surface area contributed by atoms with Crippen LogP contribution in [-0.2, 0) is 9.53 Å². The highest BCUT2D eigenvalue weighted by molar-refractivity contribution is 5.77. The predicted octanol–water partition coefficient (Wildman–Crippen LogP) is 1.59. The molecule has 2 aliphatic carbocycles. The standard InChI is InChI=1S/C17H25NO3/c1-10-8-17-13-4-3-5-18(17)9-11(10)6-14(17)12(7-15(13)19)16(20)21-2/h6,10-13,15,19H,3-5,7-9H2,1-2H3/t10?,11-,12-,13+,15+,17-/m0/s1. The van der Waals surface area contributed by atoms with Crippen molar-refractivity contribution < 1.29 is 14.6 Å². The van der Waals surface area contributed by atoms with Crippen LogP contribution in [0.25, 0.3) is 0 Å². The van der Waals surface area contributed by atoms with Crippen LogP contribution in [0.2, 0.25) is 0 Å². The topological polar surface area (TPSA) is 49.8 Å². The maximum atomic E-state index is 12.2. The fraction of sp³-hybridized carbons (Fsp3) is 0.824. The second kappa shape index (κ2) is 4.56. The van der Waals surface area contributed by atoms with E-state index in [1.807, 2.05) is 0 Å². The van der Waals surface area contributed by atoms with Crippen LogP contribution in [0.15, 0.2) is 11.6 Å². The molecular weight excluding hydrogens is 266 g/mol. The van der Waals surface area contributed by atoms with Crippen LogP contribution in [-0.4, -0.2) is 47.8 Å². The second-order valence-corrected chi connectivity index (χ2v) is 7.47. The first-order valence-electron chi connectivity index (χ1n) is 8.31. The molecule has 2 saturated heterocycles. The number of hydrogen-bond acceptors (Lipinski definition) is 4. The number of carbonyl (C=O) groups excluding carboxylic acids is 1. The lowest BCUT2D eigenvalue weighted by atomic mass is 9.51. The van der Waals surface area contributed by atoms with Gasteiger partial charge in [0.1, 0.15) is 0 Å². The van der Waals surface area contributed by atoms with Gasteiger partial charge in [-0.3, -0.25) is 9.69 Å². The van der Waals surface area contributed by atoms with Crippen molar-refractivity contribution in [2.24, 2.45) is 23.7 Å². The molecule has 3 heterocycles. The number of methoxy groups -OCH3 is 1. The summed E-state index contributed by atoms with van der Waals surface area (Å²) in [6.07, 6.45) is 5.88. The number of fused-ring (bicyclic) bond motifs is 1. The Hall–Kier alpha value is -0.870. The zero-order valence-electron chi connectivity index (χ0n) is 12.9. The van der Waals surface area contributed by atoms with Crippen LogP contribution in [0.1, 0.15) is 32.6 Å². The number of nitrogens with zero attached hydrogens (tertiary/aromatic N) is 1. The molecular formula is C17H25NO3. The first-order valence-corrected chi connectivity index (χ1v) is 8.31. The van der Waals surface area contributed by atoms with Crippen molar-refractivity contribution in [3.8, 4) is 0 Å². The second-order valence-electron chi connectivity index (χ2n) is 7.47.